The average molecular weight is 211 g/mol. The minimum absolute atomic E-state index is 0.159. The third-order valence-electron chi connectivity index (χ3n) is 2.20. The van der Waals surface area contributed by atoms with Gasteiger partial charge >= 0.3 is 0 Å². The van der Waals surface area contributed by atoms with Crippen molar-refractivity contribution in [1.29, 1.82) is 0 Å². The number of thiazole rings is 1. The maximum atomic E-state index is 10.9. The smallest absolute Gasteiger partial charge is 0.220 e. The number of rotatable bonds is 3. The zero-order valence-electron chi connectivity index (χ0n) is 8.04. The molecule has 1 fully saturated rings. The monoisotopic (exact) mass is 211 g/mol. The van der Waals surface area contributed by atoms with Crippen LogP contribution in [0.3, 0.4) is 0 Å². The van der Waals surface area contributed by atoms with Crippen LogP contribution in [0.25, 0.3) is 0 Å². The highest BCUT2D eigenvalue weighted by molar-refractivity contribution is 7.13. The van der Waals surface area contributed by atoms with Gasteiger partial charge in [-0.25, -0.2) is 4.98 Å². The van der Waals surface area contributed by atoms with Crippen LogP contribution in [0.1, 0.15) is 18.5 Å². The van der Waals surface area contributed by atoms with Gasteiger partial charge in [0.25, 0.3) is 0 Å². The van der Waals surface area contributed by atoms with Crippen molar-refractivity contribution in [3.05, 3.63) is 11.1 Å². The molecular weight excluding hydrogens is 198 g/mol. The van der Waals surface area contributed by atoms with Gasteiger partial charge in [0, 0.05) is 24.4 Å². The van der Waals surface area contributed by atoms with E-state index in [1.54, 1.807) is 11.3 Å². The van der Waals surface area contributed by atoms with E-state index in [0.29, 0.717) is 6.42 Å². The largest absolute Gasteiger partial charge is 0.359 e. The molecule has 2 N–H and O–H groups in total. The number of aromatic nitrogens is 1. The molecule has 2 rings (SSSR count). The van der Waals surface area contributed by atoms with E-state index < -0.39 is 0 Å². The van der Waals surface area contributed by atoms with Crippen molar-refractivity contribution in [3.63, 3.8) is 0 Å². The van der Waals surface area contributed by atoms with Crippen LogP contribution in [-0.2, 0) is 4.79 Å². The molecule has 0 radical (unpaired) electrons. The molecule has 0 saturated carbocycles. The van der Waals surface area contributed by atoms with Crippen LogP contribution in [0.4, 0.5) is 5.13 Å². The molecule has 1 unspecified atom stereocenters. The summed E-state index contributed by atoms with van der Waals surface area (Å²) in [6, 6.07) is 0.270. The molecule has 5 heteroatoms. The number of carbonyl (C=O) groups is 1. The third kappa shape index (κ3) is 2.23. The second kappa shape index (κ2) is 3.96. The second-order valence-corrected chi connectivity index (χ2v) is 4.34. The molecule has 76 valence electrons. The van der Waals surface area contributed by atoms with Gasteiger partial charge < -0.3 is 10.6 Å². The van der Waals surface area contributed by atoms with Crippen LogP contribution >= 0.6 is 11.3 Å². The maximum Gasteiger partial charge on any atom is 0.220 e. The molecule has 0 aromatic carbocycles. The standard InChI is InChI=1S/C9H13N3OS/c1-6-5-14-9(11-6)10-4-7-2-3-8(13)12-7/h5,7H,2-4H2,1H3,(H,10,11)(H,12,13). The van der Waals surface area contributed by atoms with Crippen LogP contribution < -0.4 is 10.6 Å². The van der Waals surface area contributed by atoms with Crippen LogP contribution in [0.15, 0.2) is 5.38 Å². The lowest BCUT2D eigenvalue weighted by Crippen LogP contribution is -2.31. The molecule has 14 heavy (non-hydrogen) atoms. The summed E-state index contributed by atoms with van der Waals surface area (Å²) in [5, 5.41) is 9.07. The number of nitrogens with zero attached hydrogens (tertiary/aromatic N) is 1. The summed E-state index contributed by atoms with van der Waals surface area (Å²) in [7, 11) is 0. The fourth-order valence-electron chi connectivity index (χ4n) is 1.48. The Hall–Kier alpha value is -1.10. The number of aryl methyl sites for hydroxylation is 1. The van der Waals surface area contributed by atoms with E-state index in [4.69, 9.17) is 0 Å². The topological polar surface area (TPSA) is 54.0 Å². The minimum Gasteiger partial charge on any atom is -0.359 e. The fraction of sp³-hybridized carbons (Fsp3) is 0.556. The highest BCUT2D eigenvalue weighted by Gasteiger charge is 2.20. The molecule has 1 aromatic rings. The molecule has 0 bridgehead atoms. The van der Waals surface area contributed by atoms with E-state index in [1.807, 2.05) is 12.3 Å². The highest BCUT2D eigenvalue weighted by atomic mass is 32.1. The number of hydrogen-bond donors (Lipinski definition) is 2. The lowest BCUT2D eigenvalue weighted by atomic mass is 10.2. The first-order valence-corrected chi connectivity index (χ1v) is 5.57. The van der Waals surface area contributed by atoms with Crippen molar-refractivity contribution < 1.29 is 4.79 Å². The van der Waals surface area contributed by atoms with Gasteiger partial charge in [0.1, 0.15) is 0 Å². The van der Waals surface area contributed by atoms with Gasteiger partial charge in [0.2, 0.25) is 5.91 Å². The van der Waals surface area contributed by atoms with Crippen molar-refractivity contribution in [2.75, 3.05) is 11.9 Å². The Morgan fingerprint density at radius 3 is 3.21 bits per heavy atom. The number of anilines is 1. The molecule has 1 saturated heterocycles. The first-order chi connectivity index (χ1) is 6.74. The predicted octanol–water partition coefficient (Wildman–Crippen LogP) is 1.14. The quantitative estimate of drug-likeness (QED) is 0.788. The van der Waals surface area contributed by atoms with E-state index >= 15 is 0 Å². The van der Waals surface area contributed by atoms with E-state index in [0.717, 1.165) is 23.8 Å². The third-order valence-corrected chi connectivity index (χ3v) is 3.12. The van der Waals surface area contributed by atoms with Crippen molar-refractivity contribution in [2.45, 2.75) is 25.8 Å². The summed E-state index contributed by atoms with van der Waals surface area (Å²) < 4.78 is 0. The molecule has 1 aromatic heterocycles. The van der Waals surface area contributed by atoms with Gasteiger partial charge in [-0.1, -0.05) is 0 Å². The first kappa shape index (κ1) is 9.45. The number of hydrogen-bond acceptors (Lipinski definition) is 4. The number of carbonyl (C=O) groups excluding carboxylic acids is 1. The van der Waals surface area contributed by atoms with Crippen LogP contribution in [0.2, 0.25) is 0 Å². The maximum absolute atomic E-state index is 10.9. The second-order valence-electron chi connectivity index (χ2n) is 3.48. The van der Waals surface area contributed by atoms with Crippen molar-refractivity contribution in [3.8, 4) is 0 Å². The van der Waals surface area contributed by atoms with Gasteiger partial charge in [0.15, 0.2) is 5.13 Å². The van der Waals surface area contributed by atoms with Crippen molar-refractivity contribution >= 4 is 22.4 Å². The summed E-state index contributed by atoms with van der Waals surface area (Å²) in [5.74, 6) is 0.159. The number of amides is 1. The molecule has 0 spiro atoms. The predicted molar refractivity (Wildman–Crippen MR) is 56.5 cm³/mol. The van der Waals surface area contributed by atoms with E-state index in [9.17, 15) is 4.79 Å². The summed E-state index contributed by atoms with van der Waals surface area (Å²) in [6.45, 7) is 2.75. The Morgan fingerprint density at radius 1 is 1.79 bits per heavy atom. The van der Waals surface area contributed by atoms with E-state index in [2.05, 4.69) is 15.6 Å². The Morgan fingerprint density at radius 2 is 2.64 bits per heavy atom. The van der Waals surface area contributed by atoms with Gasteiger partial charge in [-0.15, -0.1) is 11.3 Å². The number of nitrogens with one attached hydrogen (secondary N) is 2. The molecule has 1 aliphatic rings. The van der Waals surface area contributed by atoms with Crippen molar-refractivity contribution in [2.24, 2.45) is 0 Å². The van der Waals surface area contributed by atoms with Crippen molar-refractivity contribution in [1.82, 2.24) is 10.3 Å². The van der Waals surface area contributed by atoms with Crippen LogP contribution in [0, 0.1) is 6.92 Å². The summed E-state index contributed by atoms with van der Waals surface area (Å²) in [4.78, 5) is 15.2. The summed E-state index contributed by atoms with van der Waals surface area (Å²) >= 11 is 1.60. The molecule has 1 atom stereocenters. The fourth-order valence-corrected chi connectivity index (χ4v) is 2.17. The van der Waals surface area contributed by atoms with Gasteiger partial charge in [-0.2, -0.15) is 0 Å². The average Bonchev–Trinajstić information content (AvgIpc) is 2.72. The Bertz CT molecular complexity index is 337. The van der Waals surface area contributed by atoms with Crippen LogP contribution in [0.5, 0.6) is 0 Å². The zero-order chi connectivity index (χ0) is 9.97. The lowest BCUT2D eigenvalue weighted by molar-refractivity contribution is -0.119. The minimum atomic E-state index is 0.159. The SMILES string of the molecule is Cc1csc(NCC2CCC(=O)N2)n1. The van der Waals surface area contributed by atoms with E-state index in [-0.39, 0.29) is 11.9 Å². The summed E-state index contributed by atoms with van der Waals surface area (Å²) in [6.07, 6.45) is 1.58. The Labute approximate surface area is 86.7 Å². The summed E-state index contributed by atoms with van der Waals surface area (Å²) in [5.41, 5.74) is 1.04. The molecule has 0 aliphatic carbocycles. The zero-order valence-corrected chi connectivity index (χ0v) is 8.86. The molecule has 2 heterocycles. The molecule has 1 aliphatic heterocycles. The van der Waals surface area contributed by atoms with Gasteiger partial charge in [-0.3, -0.25) is 4.79 Å². The highest BCUT2D eigenvalue weighted by Crippen LogP contribution is 2.15. The normalized spacial score (nSPS) is 20.9. The lowest BCUT2D eigenvalue weighted by Gasteiger charge is -2.09. The van der Waals surface area contributed by atoms with E-state index in [1.165, 1.54) is 0 Å². The molecule has 1 amide bonds. The molecular formula is C9H13N3OS. The van der Waals surface area contributed by atoms with Gasteiger partial charge in [-0.05, 0) is 13.3 Å². The molecule has 4 nitrogen and oxygen atoms in total. The van der Waals surface area contributed by atoms with Gasteiger partial charge in [0.05, 0.1) is 5.69 Å². The Balaban J connectivity index is 1.80. The first-order valence-electron chi connectivity index (χ1n) is 4.69. The Kier molecular flexibility index (Phi) is 2.67. The van der Waals surface area contributed by atoms with Crippen LogP contribution in [-0.4, -0.2) is 23.5 Å².